The number of likely N-dealkylation sites (tertiary alicyclic amines) is 1. The molecular weight excluding hydrogens is 426 g/mol. The summed E-state index contributed by atoms with van der Waals surface area (Å²) in [6.07, 6.45) is 6.46. The number of carbonyl (C=O) groups is 2. The van der Waals surface area contributed by atoms with Crippen LogP contribution in [0.2, 0.25) is 0 Å². The number of nitrogens with zero attached hydrogens (tertiary/aromatic N) is 1. The third-order valence-electron chi connectivity index (χ3n) is 5.83. The Kier molecular flexibility index (Phi) is 7.60. The van der Waals surface area contributed by atoms with Gasteiger partial charge in [-0.2, -0.15) is 0 Å². The van der Waals surface area contributed by atoms with Crippen molar-refractivity contribution in [2.75, 3.05) is 24.3 Å². The van der Waals surface area contributed by atoms with Crippen molar-refractivity contribution >= 4 is 29.4 Å². The van der Waals surface area contributed by atoms with Crippen molar-refractivity contribution in [2.24, 2.45) is 0 Å². The summed E-state index contributed by atoms with van der Waals surface area (Å²) in [5, 5.41) is 5.59. The molecule has 1 saturated heterocycles. The van der Waals surface area contributed by atoms with Crippen LogP contribution in [0.1, 0.15) is 24.0 Å². The molecule has 1 aliphatic rings. The van der Waals surface area contributed by atoms with Crippen LogP contribution in [-0.4, -0.2) is 36.5 Å². The predicted octanol–water partition coefficient (Wildman–Crippen LogP) is 5.59. The van der Waals surface area contributed by atoms with E-state index < -0.39 is 0 Å². The third kappa shape index (κ3) is 6.04. The Bertz CT molecular complexity index is 1150. The maximum Gasteiger partial charge on any atom is 0.323 e. The number of urea groups is 1. The van der Waals surface area contributed by atoms with E-state index in [2.05, 4.69) is 34.9 Å². The zero-order valence-corrected chi connectivity index (χ0v) is 19.2. The molecule has 0 aliphatic carbocycles. The molecular formula is C28H29N3O3. The highest BCUT2D eigenvalue weighted by Crippen LogP contribution is 2.27. The maximum atomic E-state index is 13.1. The minimum atomic E-state index is -0.363. The van der Waals surface area contributed by atoms with Crippen LogP contribution < -0.4 is 15.4 Å². The van der Waals surface area contributed by atoms with E-state index in [9.17, 15) is 9.59 Å². The number of carbonyl (C=O) groups excluding carboxylic acids is 2. The smallest absolute Gasteiger partial charge is 0.323 e. The molecule has 3 amide bonds. The van der Waals surface area contributed by atoms with Crippen LogP contribution >= 0.6 is 0 Å². The number of methoxy groups -OCH3 is 1. The lowest BCUT2D eigenvalue weighted by Crippen LogP contribution is -2.35. The number of para-hydroxylation sites is 1. The maximum absolute atomic E-state index is 13.1. The minimum absolute atomic E-state index is 0.0878. The normalized spacial score (nSPS) is 15.3. The third-order valence-corrected chi connectivity index (χ3v) is 5.83. The Balaban J connectivity index is 1.38. The lowest BCUT2D eigenvalue weighted by Gasteiger charge is -2.22. The van der Waals surface area contributed by atoms with E-state index in [0.717, 1.165) is 30.5 Å². The molecule has 174 valence electrons. The lowest BCUT2D eigenvalue weighted by atomic mass is 10.1. The van der Waals surface area contributed by atoms with E-state index >= 15 is 0 Å². The number of hydrogen-bond acceptors (Lipinski definition) is 3. The van der Waals surface area contributed by atoms with Crippen molar-refractivity contribution in [3.63, 3.8) is 0 Å². The van der Waals surface area contributed by atoms with Crippen LogP contribution in [0.5, 0.6) is 5.75 Å². The summed E-state index contributed by atoms with van der Waals surface area (Å²) < 4.78 is 5.47. The van der Waals surface area contributed by atoms with Gasteiger partial charge in [-0.3, -0.25) is 4.79 Å². The number of ether oxygens (including phenoxy) is 1. The molecule has 1 unspecified atom stereocenters. The predicted molar refractivity (Wildman–Crippen MR) is 136 cm³/mol. The molecule has 0 saturated carbocycles. The first-order valence-electron chi connectivity index (χ1n) is 11.4. The first-order chi connectivity index (χ1) is 16.6. The van der Waals surface area contributed by atoms with Crippen LogP contribution in [0.25, 0.3) is 6.08 Å². The standard InChI is InChI=1S/C28H29N3O3/c1-34-26-19-22(15-17-25(26)30-28(33)29-23-11-6-3-7-12-23)20-27(32)31-18-8-13-24(31)16-14-21-9-4-2-5-10-21/h2-7,9-12,14-17,19,24H,8,13,18,20H2,1H3,(H2,29,30,33). The molecule has 0 radical (unpaired) electrons. The number of nitrogens with one attached hydrogen (secondary N) is 2. The first kappa shape index (κ1) is 23.1. The molecule has 3 aromatic rings. The summed E-state index contributed by atoms with van der Waals surface area (Å²) in [6.45, 7) is 0.763. The fourth-order valence-corrected chi connectivity index (χ4v) is 4.12. The van der Waals surface area contributed by atoms with Gasteiger partial charge in [0.1, 0.15) is 5.75 Å². The summed E-state index contributed by atoms with van der Waals surface area (Å²) in [5.41, 5.74) is 3.21. The van der Waals surface area contributed by atoms with E-state index in [1.807, 2.05) is 59.5 Å². The van der Waals surface area contributed by atoms with Crippen LogP contribution in [0.4, 0.5) is 16.2 Å². The molecule has 0 bridgehead atoms. The highest BCUT2D eigenvalue weighted by Gasteiger charge is 2.26. The summed E-state index contributed by atoms with van der Waals surface area (Å²) in [4.78, 5) is 27.4. The number of anilines is 2. The highest BCUT2D eigenvalue weighted by molar-refractivity contribution is 6.00. The van der Waals surface area contributed by atoms with Gasteiger partial charge < -0.3 is 20.3 Å². The molecule has 6 nitrogen and oxygen atoms in total. The zero-order chi connectivity index (χ0) is 23.8. The van der Waals surface area contributed by atoms with Gasteiger partial charge in [0.25, 0.3) is 0 Å². The molecule has 1 fully saturated rings. The molecule has 6 heteroatoms. The fourth-order valence-electron chi connectivity index (χ4n) is 4.12. The van der Waals surface area contributed by atoms with Gasteiger partial charge in [0.2, 0.25) is 5.91 Å². The van der Waals surface area contributed by atoms with Crippen molar-refractivity contribution in [2.45, 2.75) is 25.3 Å². The molecule has 1 aliphatic heterocycles. The van der Waals surface area contributed by atoms with Gasteiger partial charge in [-0.25, -0.2) is 4.79 Å². The van der Waals surface area contributed by atoms with Crippen molar-refractivity contribution in [3.05, 3.63) is 96.1 Å². The molecule has 2 N–H and O–H groups in total. The molecule has 0 spiro atoms. The number of hydrogen-bond donors (Lipinski definition) is 2. The van der Waals surface area contributed by atoms with Gasteiger partial charge in [0.15, 0.2) is 0 Å². The second-order valence-electron chi connectivity index (χ2n) is 8.22. The minimum Gasteiger partial charge on any atom is -0.495 e. The van der Waals surface area contributed by atoms with Crippen molar-refractivity contribution in [1.29, 1.82) is 0 Å². The number of amides is 3. The first-order valence-corrected chi connectivity index (χ1v) is 11.4. The van der Waals surface area contributed by atoms with Gasteiger partial charge in [-0.15, -0.1) is 0 Å². The van der Waals surface area contributed by atoms with Crippen LogP contribution in [0.15, 0.2) is 84.9 Å². The Morgan fingerprint density at radius 2 is 1.74 bits per heavy atom. The van der Waals surface area contributed by atoms with E-state index in [1.165, 1.54) is 0 Å². The van der Waals surface area contributed by atoms with Crippen LogP contribution in [0.3, 0.4) is 0 Å². The molecule has 4 rings (SSSR count). The highest BCUT2D eigenvalue weighted by atomic mass is 16.5. The van der Waals surface area contributed by atoms with Gasteiger partial charge in [0.05, 0.1) is 25.3 Å². The largest absolute Gasteiger partial charge is 0.495 e. The van der Waals surface area contributed by atoms with E-state index in [0.29, 0.717) is 17.1 Å². The number of rotatable bonds is 7. The summed E-state index contributed by atoms with van der Waals surface area (Å²) >= 11 is 0. The molecule has 3 aromatic carbocycles. The molecule has 1 atom stereocenters. The topological polar surface area (TPSA) is 70.7 Å². The Hall–Kier alpha value is -4.06. The van der Waals surface area contributed by atoms with Gasteiger partial charge in [-0.1, -0.05) is 66.7 Å². The summed E-state index contributed by atoms with van der Waals surface area (Å²) in [5.74, 6) is 0.597. The Labute approximate surface area is 200 Å². The van der Waals surface area contributed by atoms with Crippen LogP contribution in [-0.2, 0) is 11.2 Å². The SMILES string of the molecule is COc1cc(CC(=O)N2CCCC2C=Cc2ccccc2)ccc1NC(=O)Nc1ccccc1. The number of benzene rings is 3. The van der Waals surface area contributed by atoms with Gasteiger partial charge >= 0.3 is 6.03 Å². The van der Waals surface area contributed by atoms with Gasteiger partial charge in [0, 0.05) is 12.2 Å². The molecule has 1 heterocycles. The molecule has 34 heavy (non-hydrogen) atoms. The van der Waals surface area contributed by atoms with Crippen molar-refractivity contribution < 1.29 is 14.3 Å². The fraction of sp³-hybridized carbons (Fsp3) is 0.214. The quantitative estimate of drug-likeness (QED) is 0.488. The zero-order valence-electron chi connectivity index (χ0n) is 19.2. The van der Waals surface area contributed by atoms with Crippen molar-refractivity contribution in [1.82, 2.24) is 4.90 Å². The monoisotopic (exact) mass is 455 g/mol. The summed E-state index contributed by atoms with van der Waals surface area (Å²) in [7, 11) is 1.55. The average Bonchev–Trinajstić information content (AvgIpc) is 3.34. The second kappa shape index (κ2) is 11.2. The average molecular weight is 456 g/mol. The Morgan fingerprint density at radius 1 is 1.00 bits per heavy atom. The summed E-state index contributed by atoms with van der Waals surface area (Å²) in [6, 6.07) is 24.5. The van der Waals surface area contributed by atoms with Crippen LogP contribution in [0, 0.1) is 0 Å². The Morgan fingerprint density at radius 3 is 2.47 bits per heavy atom. The van der Waals surface area contributed by atoms with E-state index in [4.69, 9.17) is 4.74 Å². The van der Waals surface area contributed by atoms with E-state index in [-0.39, 0.29) is 24.4 Å². The van der Waals surface area contributed by atoms with Gasteiger partial charge in [-0.05, 0) is 48.2 Å². The van der Waals surface area contributed by atoms with E-state index in [1.54, 1.807) is 19.2 Å². The van der Waals surface area contributed by atoms with Crippen molar-refractivity contribution in [3.8, 4) is 5.75 Å². The second-order valence-corrected chi connectivity index (χ2v) is 8.22. The lowest BCUT2D eigenvalue weighted by molar-refractivity contribution is -0.130. The molecule has 0 aromatic heterocycles.